The Labute approximate surface area is 146 Å². The summed E-state index contributed by atoms with van der Waals surface area (Å²) in [4.78, 5) is 18.6. The van der Waals surface area contributed by atoms with E-state index >= 15 is 0 Å². The molecule has 2 aromatic rings. The van der Waals surface area contributed by atoms with Crippen molar-refractivity contribution in [1.29, 1.82) is 0 Å². The van der Waals surface area contributed by atoms with E-state index in [0.717, 1.165) is 25.9 Å². The smallest absolute Gasteiger partial charge is 0.253 e. The van der Waals surface area contributed by atoms with Gasteiger partial charge in [-0.2, -0.15) is 14.4 Å². The van der Waals surface area contributed by atoms with Gasteiger partial charge in [0.05, 0.1) is 19.4 Å². The predicted octanol–water partition coefficient (Wildman–Crippen LogP) is 2.27. The normalized spacial score (nSPS) is 15.2. The predicted molar refractivity (Wildman–Crippen MR) is 90.4 cm³/mol. The zero-order valence-electron chi connectivity index (χ0n) is 14.5. The maximum absolute atomic E-state index is 14.1. The molecular weight excluding hydrogens is 325 g/mol. The summed E-state index contributed by atoms with van der Waals surface area (Å²) >= 11 is 0. The van der Waals surface area contributed by atoms with Crippen molar-refractivity contribution in [2.45, 2.75) is 26.2 Å². The van der Waals surface area contributed by atoms with Crippen LogP contribution in [0.1, 0.15) is 25.5 Å². The summed E-state index contributed by atoms with van der Waals surface area (Å²) in [6.45, 7) is 3.96. The van der Waals surface area contributed by atoms with E-state index in [-0.39, 0.29) is 5.88 Å². The molecule has 0 unspecified atom stereocenters. The van der Waals surface area contributed by atoms with Crippen molar-refractivity contribution in [2.24, 2.45) is 5.92 Å². The van der Waals surface area contributed by atoms with Crippen LogP contribution < -0.4 is 14.4 Å². The monoisotopic (exact) mass is 347 g/mol. The highest BCUT2D eigenvalue weighted by molar-refractivity contribution is 5.32. The second-order valence-corrected chi connectivity index (χ2v) is 5.93. The number of halogens is 1. The molecule has 0 N–H and O–H groups in total. The molecule has 0 spiro atoms. The van der Waals surface area contributed by atoms with E-state index in [1.165, 1.54) is 6.33 Å². The van der Waals surface area contributed by atoms with Gasteiger partial charge >= 0.3 is 0 Å². The molecule has 25 heavy (non-hydrogen) atoms. The molecule has 2 aromatic heterocycles. The maximum Gasteiger partial charge on any atom is 0.253 e. The fourth-order valence-corrected chi connectivity index (χ4v) is 2.83. The lowest BCUT2D eigenvalue weighted by Crippen LogP contribution is -2.36. The molecule has 7 nitrogen and oxygen atoms in total. The number of anilines is 1. The second-order valence-electron chi connectivity index (χ2n) is 5.93. The first-order valence-corrected chi connectivity index (χ1v) is 8.45. The lowest BCUT2D eigenvalue weighted by Gasteiger charge is -2.31. The van der Waals surface area contributed by atoms with Crippen LogP contribution in [0.4, 0.5) is 10.3 Å². The van der Waals surface area contributed by atoms with Crippen LogP contribution >= 0.6 is 0 Å². The number of aryl methyl sites for hydroxylation is 1. The number of aromatic nitrogens is 4. The standard InChI is InChI=1S/C17H22FN5O2/c1-3-13-15(18)16(21-11-20-13)25-10-12-5-8-23(9-6-12)17-19-7-4-14(22-17)24-2/h4,7,11-12H,3,5-6,8-10H2,1-2H3. The quantitative estimate of drug-likeness (QED) is 0.793. The van der Waals surface area contributed by atoms with Crippen molar-refractivity contribution in [3.05, 3.63) is 30.1 Å². The van der Waals surface area contributed by atoms with E-state index in [2.05, 4.69) is 24.8 Å². The van der Waals surface area contributed by atoms with Crippen LogP contribution in [0.3, 0.4) is 0 Å². The van der Waals surface area contributed by atoms with E-state index in [1.807, 2.05) is 6.92 Å². The Balaban J connectivity index is 1.53. The summed E-state index contributed by atoms with van der Waals surface area (Å²) in [5.41, 5.74) is 0.384. The van der Waals surface area contributed by atoms with Gasteiger partial charge in [-0.05, 0) is 25.2 Å². The summed E-state index contributed by atoms with van der Waals surface area (Å²) < 4.78 is 24.8. The minimum Gasteiger partial charge on any atom is -0.481 e. The topological polar surface area (TPSA) is 73.3 Å². The van der Waals surface area contributed by atoms with Gasteiger partial charge in [0.25, 0.3) is 5.88 Å². The third kappa shape index (κ3) is 4.12. The molecule has 0 bridgehead atoms. The van der Waals surface area contributed by atoms with Crippen molar-refractivity contribution >= 4 is 5.95 Å². The molecule has 3 heterocycles. The van der Waals surface area contributed by atoms with Gasteiger partial charge < -0.3 is 14.4 Å². The average Bonchev–Trinajstić information content (AvgIpc) is 2.67. The van der Waals surface area contributed by atoms with Gasteiger partial charge in [0.15, 0.2) is 0 Å². The summed E-state index contributed by atoms with van der Waals surface area (Å²) in [5.74, 6) is 1.17. The molecule has 0 radical (unpaired) electrons. The number of hydrogen-bond donors (Lipinski definition) is 0. The van der Waals surface area contributed by atoms with Crippen LogP contribution in [0.25, 0.3) is 0 Å². The minimum atomic E-state index is -0.452. The number of nitrogens with zero attached hydrogens (tertiary/aromatic N) is 5. The number of ether oxygens (including phenoxy) is 2. The molecule has 0 atom stereocenters. The second kappa shape index (κ2) is 8.04. The third-order valence-corrected chi connectivity index (χ3v) is 4.34. The van der Waals surface area contributed by atoms with Crippen molar-refractivity contribution in [3.8, 4) is 11.8 Å². The molecule has 1 saturated heterocycles. The molecule has 3 rings (SSSR count). The Morgan fingerprint density at radius 1 is 1.24 bits per heavy atom. The van der Waals surface area contributed by atoms with Crippen molar-refractivity contribution < 1.29 is 13.9 Å². The molecule has 0 aliphatic carbocycles. The third-order valence-electron chi connectivity index (χ3n) is 4.34. The molecular formula is C17H22FN5O2. The van der Waals surface area contributed by atoms with Crippen LogP contribution in [0, 0.1) is 11.7 Å². The number of rotatable bonds is 6. The summed E-state index contributed by atoms with van der Waals surface area (Å²) in [5, 5.41) is 0. The number of methoxy groups -OCH3 is 1. The fourth-order valence-electron chi connectivity index (χ4n) is 2.83. The van der Waals surface area contributed by atoms with Crippen LogP contribution in [0.15, 0.2) is 18.6 Å². The molecule has 8 heteroatoms. The van der Waals surface area contributed by atoms with Gasteiger partial charge in [-0.15, -0.1) is 0 Å². The average molecular weight is 347 g/mol. The Morgan fingerprint density at radius 3 is 2.76 bits per heavy atom. The Morgan fingerprint density at radius 2 is 2.04 bits per heavy atom. The van der Waals surface area contributed by atoms with Crippen LogP contribution in [0.5, 0.6) is 11.8 Å². The summed E-state index contributed by atoms with van der Waals surface area (Å²) in [6, 6.07) is 1.73. The zero-order valence-corrected chi connectivity index (χ0v) is 14.5. The highest BCUT2D eigenvalue weighted by atomic mass is 19.1. The van der Waals surface area contributed by atoms with E-state index in [1.54, 1.807) is 19.4 Å². The van der Waals surface area contributed by atoms with E-state index in [9.17, 15) is 4.39 Å². The van der Waals surface area contributed by atoms with E-state index in [0.29, 0.717) is 36.5 Å². The SMILES string of the molecule is CCc1ncnc(OCC2CCN(c3nccc(OC)n3)CC2)c1F. The fraction of sp³-hybridized carbons (Fsp3) is 0.529. The first-order chi connectivity index (χ1) is 12.2. The molecule has 134 valence electrons. The molecule has 0 aromatic carbocycles. The first-order valence-electron chi connectivity index (χ1n) is 8.45. The van der Waals surface area contributed by atoms with Gasteiger partial charge in [-0.3, -0.25) is 0 Å². The first kappa shape index (κ1) is 17.3. The lowest BCUT2D eigenvalue weighted by atomic mass is 9.98. The van der Waals surface area contributed by atoms with E-state index in [4.69, 9.17) is 9.47 Å². The van der Waals surface area contributed by atoms with Crippen LogP contribution in [-0.2, 0) is 6.42 Å². The van der Waals surface area contributed by atoms with Gasteiger partial charge in [-0.1, -0.05) is 6.92 Å². The van der Waals surface area contributed by atoms with Gasteiger partial charge in [0.2, 0.25) is 17.6 Å². The largest absolute Gasteiger partial charge is 0.481 e. The molecule has 1 aliphatic rings. The van der Waals surface area contributed by atoms with Gasteiger partial charge in [-0.25, -0.2) is 9.97 Å². The van der Waals surface area contributed by atoms with Crippen LogP contribution in [-0.4, -0.2) is 46.7 Å². The Hall–Kier alpha value is -2.51. The van der Waals surface area contributed by atoms with Crippen LogP contribution in [0.2, 0.25) is 0 Å². The number of hydrogen-bond acceptors (Lipinski definition) is 7. The Kier molecular flexibility index (Phi) is 5.57. The summed E-state index contributed by atoms with van der Waals surface area (Å²) in [7, 11) is 1.59. The number of piperidine rings is 1. The summed E-state index contributed by atoms with van der Waals surface area (Å²) in [6.07, 6.45) is 5.41. The van der Waals surface area contributed by atoms with Crippen molar-refractivity contribution in [3.63, 3.8) is 0 Å². The highest BCUT2D eigenvalue weighted by Crippen LogP contribution is 2.23. The molecule has 0 saturated carbocycles. The molecule has 1 fully saturated rings. The zero-order chi connectivity index (χ0) is 17.6. The van der Waals surface area contributed by atoms with E-state index < -0.39 is 5.82 Å². The minimum absolute atomic E-state index is 0.0467. The maximum atomic E-state index is 14.1. The lowest BCUT2D eigenvalue weighted by molar-refractivity contribution is 0.206. The van der Waals surface area contributed by atoms with Crippen molar-refractivity contribution in [2.75, 3.05) is 31.7 Å². The highest BCUT2D eigenvalue weighted by Gasteiger charge is 2.22. The molecule has 1 aliphatic heterocycles. The van der Waals surface area contributed by atoms with Gasteiger partial charge in [0.1, 0.15) is 6.33 Å². The van der Waals surface area contributed by atoms with Gasteiger partial charge in [0, 0.05) is 25.4 Å². The van der Waals surface area contributed by atoms with Crippen molar-refractivity contribution in [1.82, 2.24) is 19.9 Å². The molecule has 0 amide bonds. The Bertz CT molecular complexity index is 707.